The summed E-state index contributed by atoms with van der Waals surface area (Å²) in [7, 11) is 0. The molecule has 0 amide bonds. The van der Waals surface area contributed by atoms with Crippen molar-refractivity contribution >= 4 is 16.6 Å². The molecule has 3 nitrogen and oxygen atoms in total. The van der Waals surface area contributed by atoms with Crippen molar-refractivity contribution in [2.24, 2.45) is 5.41 Å². The predicted molar refractivity (Wildman–Crippen MR) is 74.2 cm³/mol. The number of nitrogens with one attached hydrogen (secondary N) is 1. The van der Waals surface area contributed by atoms with E-state index >= 15 is 0 Å². The van der Waals surface area contributed by atoms with E-state index in [9.17, 15) is 13.2 Å². The summed E-state index contributed by atoms with van der Waals surface area (Å²) in [5.41, 5.74) is 0.535. The maximum absolute atomic E-state index is 12.7. The Bertz CT molecular complexity index is 666. The molecule has 6 heteroatoms. The van der Waals surface area contributed by atoms with Crippen LogP contribution in [0.5, 0.6) is 0 Å². The Kier molecular flexibility index (Phi) is 3.28. The van der Waals surface area contributed by atoms with Crippen molar-refractivity contribution < 1.29 is 17.9 Å². The molecule has 1 N–H and O–H groups in total. The van der Waals surface area contributed by atoms with Crippen molar-refractivity contribution in [2.75, 3.05) is 25.1 Å². The molecule has 21 heavy (non-hydrogen) atoms. The van der Waals surface area contributed by atoms with Crippen LogP contribution in [0.15, 0.2) is 30.5 Å². The lowest BCUT2D eigenvalue weighted by Crippen LogP contribution is -2.45. The minimum Gasteiger partial charge on any atom is -0.384 e. The third kappa shape index (κ3) is 2.81. The van der Waals surface area contributed by atoms with Gasteiger partial charge in [0.25, 0.3) is 0 Å². The number of benzene rings is 1. The predicted octanol–water partition coefficient (Wildman–Crippen LogP) is 3.70. The van der Waals surface area contributed by atoms with Gasteiger partial charge in [0.15, 0.2) is 0 Å². The molecule has 1 aliphatic heterocycles. The van der Waals surface area contributed by atoms with Crippen LogP contribution in [0.3, 0.4) is 0 Å². The van der Waals surface area contributed by atoms with Gasteiger partial charge >= 0.3 is 6.18 Å². The number of ether oxygens (including phenoxy) is 1. The van der Waals surface area contributed by atoms with Gasteiger partial charge in [-0.2, -0.15) is 13.2 Å². The first-order valence-electron chi connectivity index (χ1n) is 6.65. The quantitative estimate of drug-likeness (QED) is 0.937. The molecule has 0 atom stereocenters. The third-order valence-electron chi connectivity index (χ3n) is 3.68. The summed E-state index contributed by atoms with van der Waals surface area (Å²) in [6.07, 6.45) is -2.83. The molecule has 1 aromatic heterocycles. The van der Waals surface area contributed by atoms with Crippen molar-refractivity contribution in [3.63, 3.8) is 0 Å². The Labute approximate surface area is 120 Å². The van der Waals surface area contributed by atoms with Gasteiger partial charge in [-0.1, -0.05) is 13.0 Å². The van der Waals surface area contributed by atoms with Crippen LogP contribution >= 0.6 is 0 Å². The molecule has 1 aromatic carbocycles. The Hall–Kier alpha value is -1.82. The molecule has 0 radical (unpaired) electrons. The standard InChI is InChI=1S/C15H15F3N2O/c1-14(8-21-9-14)7-20-12-4-5-19-13-6-10(15(16,17)18)2-3-11(12)13/h2-6H,7-9H2,1H3,(H,19,20). The molecule has 1 aliphatic rings. The lowest BCUT2D eigenvalue weighted by Gasteiger charge is -2.38. The number of alkyl halides is 3. The highest BCUT2D eigenvalue weighted by Gasteiger charge is 2.33. The van der Waals surface area contributed by atoms with Crippen LogP contribution in [0, 0.1) is 5.41 Å². The van der Waals surface area contributed by atoms with Gasteiger partial charge in [-0.05, 0) is 18.2 Å². The molecular formula is C15H15F3N2O. The Morgan fingerprint density at radius 3 is 2.67 bits per heavy atom. The van der Waals surface area contributed by atoms with Crippen molar-refractivity contribution in [3.8, 4) is 0 Å². The van der Waals surface area contributed by atoms with Gasteiger partial charge in [0.1, 0.15) is 0 Å². The van der Waals surface area contributed by atoms with E-state index in [0.29, 0.717) is 30.7 Å². The Morgan fingerprint density at radius 1 is 1.29 bits per heavy atom. The van der Waals surface area contributed by atoms with Crippen molar-refractivity contribution in [1.82, 2.24) is 4.98 Å². The average Bonchev–Trinajstić information content (AvgIpc) is 2.41. The molecule has 3 rings (SSSR count). The maximum atomic E-state index is 12.7. The first-order chi connectivity index (χ1) is 9.87. The minimum absolute atomic E-state index is 0.0848. The topological polar surface area (TPSA) is 34.2 Å². The van der Waals surface area contributed by atoms with E-state index in [4.69, 9.17) is 4.74 Å². The summed E-state index contributed by atoms with van der Waals surface area (Å²) in [6, 6.07) is 5.41. The van der Waals surface area contributed by atoms with Gasteiger partial charge in [0.2, 0.25) is 0 Å². The number of rotatable bonds is 3. The molecule has 0 saturated carbocycles. The van der Waals surface area contributed by atoms with E-state index in [-0.39, 0.29) is 5.41 Å². The van der Waals surface area contributed by atoms with E-state index < -0.39 is 11.7 Å². The molecular weight excluding hydrogens is 281 g/mol. The van der Waals surface area contributed by atoms with Crippen LogP contribution in [0.2, 0.25) is 0 Å². The fraction of sp³-hybridized carbons (Fsp3) is 0.400. The van der Waals surface area contributed by atoms with Gasteiger partial charge in [0, 0.05) is 29.2 Å². The number of pyridine rings is 1. The Balaban J connectivity index is 1.89. The van der Waals surface area contributed by atoms with E-state index in [1.165, 1.54) is 12.3 Å². The van der Waals surface area contributed by atoms with E-state index in [1.54, 1.807) is 6.07 Å². The largest absolute Gasteiger partial charge is 0.416 e. The first kappa shape index (κ1) is 14.1. The summed E-state index contributed by atoms with van der Waals surface area (Å²) in [5.74, 6) is 0. The normalized spacial score (nSPS) is 17.5. The van der Waals surface area contributed by atoms with Gasteiger partial charge < -0.3 is 10.1 Å². The number of aromatic nitrogens is 1. The molecule has 0 spiro atoms. The zero-order valence-electron chi connectivity index (χ0n) is 11.5. The third-order valence-corrected chi connectivity index (χ3v) is 3.68. The average molecular weight is 296 g/mol. The van der Waals surface area contributed by atoms with Crippen molar-refractivity contribution in [2.45, 2.75) is 13.1 Å². The van der Waals surface area contributed by atoms with Crippen molar-refractivity contribution in [1.29, 1.82) is 0 Å². The Morgan fingerprint density at radius 2 is 2.05 bits per heavy atom. The molecule has 0 aliphatic carbocycles. The second-order valence-corrected chi connectivity index (χ2v) is 5.75. The summed E-state index contributed by atoms with van der Waals surface area (Å²) < 4.78 is 43.3. The summed E-state index contributed by atoms with van der Waals surface area (Å²) in [4.78, 5) is 4.03. The van der Waals surface area contributed by atoms with Crippen LogP contribution in [0.1, 0.15) is 12.5 Å². The van der Waals surface area contributed by atoms with Crippen LogP contribution in [-0.2, 0) is 10.9 Å². The molecule has 2 aromatic rings. The molecule has 1 fully saturated rings. The number of hydrogen-bond donors (Lipinski definition) is 1. The SMILES string of the molecule is CC1(CNc2ccnc3cc(C(F)(F)F)ccc23)COC1. The van der Waals surface area contributed by atoms with Gasteiger partial charge in [-0.25, -0.2) is 0 Å². The highest BCUT2D eigenvalue weighted by molar-refractivity contribution is 5.91. The van der Waals surface area contributed by atoms with Crippen LogP contribution in [0.4, 0.5) is 18.9 Å². The molecule has 0 unspecified atom stereocenters. The van der Waals surface area contributed by atoms with E-state index in [2.05, 4.69) is 17.2 Å². The lowest BCUT2D eigenvalue weighted by molar-refractivity contribution is -0.137. The summed E-state index contributed by atoms with van der Waals surface area (Å²) >= 11 is 0. The molecule has 112 valence electrons. The smallest absolute Gasteiger partial charge is 0.384 e. The maximum Gasteiger partial charge on any atom is 0.416 e. The zero-order chi connectivity index (χ0) is 15.1. The highest BCUT2D eigenvalue weighted by atomic mass is 19.4. The molecule has 2 heterocycles. The number of fused-ring (bicyclic) bond motifs is 1. The highest BCUT2D eigenvalue weighted by Crippen LogP contribution is 2.33. The first-order valence-corrected chi connectivity index (χ1v) is 6.65. The number of halogens is 3. The summed E-state index contributed by atoms with van der Waals surface area (Å²) in [5, 5.41) is 3.98. The number of hydrogen-bond acceptors (Lipinski definition) is 3. The second kappa shape index (κ2) is 4.87. The monoisotopic (exact) mass is 296 g/mol. The van der Waals surface area contributed by atoms with Crippen LogP contribution < -0.4 is 5.32 Å². The van der Waals surface area contributed by atoms with Gasteiger partial charge in [-0.15, -0.1) is 0 Å². The molecule has 1 saturated heterocycles. The van der Waals surface area contributed by atoms with E-state index in [1.807, 2.05) is 0 Å². The van der Waals surface area contributed by atoms with Gasteiger partial charge in [0.05, 0.1) is 24.3 Å². The minimum atomic E-state index is -4.35. The molecule has 0 bridgehead atoms. The lowest BCUT2D eigenvalue weighted by atomic mass is 9.88. The second-order valence-electron chi connectivity index (χ2n) is 5.75. The fourth-order valence-electron chi connectivity index (χ4n) is 2.34. The number of nitrogens with zero attached hydrogens (tertiary/aromatic N) is 1. The van der Waals surface area contributed by atoms with Crippen molar-refractivity contribution in [3.05, 3.63) is 36.0 Å². The zero-order valence-corrected chi connectivity index (χ0v) is 11.5. The fourth-order valence-corrected chi connectivity index (χ4v) is 2.34. The summed E-state index contributed by atoms with van der Waals surface area (Å²) in [6.45, 7) is 4.21. The van der Waals surface area contributed by atoms with Crippen LogP contribution in [0.25, 0.3) is 10.9 Å². The van der Waals surface area contributed by atoms with E-state index in [0.717, 1.165) is 17.8 Å². The van der Waals surface area contributed by atoms with Gasteiger partial charge in [-0.3, -0.25) is 4.98 Å². The number of anilines is 1. The van der Waals surface area contributed by atoms with Crippen LogP contribution in [-0.4, -0.2) is 24.7 Å².